The summed E-state index contributed by atoms with van der Waals surface area (Å²) in [7, 11) is 1.36. The molecule has 0 aliphatic carbocycles. The summed E-state index contributed by atoms with van der Waals surface area (Å²) < 4.78 is 10.5. The molecule has 3 rings (SSSR count). The fourth-order valence-electron chi connectivity index (χ4n) is 2.20. The zero-order chi connectivity index (χ0) is 13.2. The fourth-order valence-corrected chi connectivity index (χ4v) is 2.20. The molecule has 1 aromatic heterocycles. The summed E-state index contributed by atoms with van der Waals surface area (Å²) in [5.41, 5.74) is 1.58. The summed E-state index contributed by atoms with van der Waals surface area (Å²) in [6.45, 7) is 3.51. The minimum Gasteiger partial charge on any atom is -0.465 e. The lowest BCUT2D eigenvalue weighted by Gasteiger charge is -2.25. The summed E-state index contributed by atoms with van der Waals surface area (Å²) >= 11 is 0. The van der Waals surface area contributed by atoms with Gasteiger partial charge in [0.25, 0.3) is 6.01 Å². The van der Waals surface area contributed by atoms with E-state index in [-0.39, 0.29) is 0 Å². The first-order valence-electron chi connectivity index (χ1n) is 6.23. The molecule has 0 spiro atoms. The van der Waals surface area contributed by atoms with E-state index in [1.807, 2.05) is 6.07 Å². The van der Waals surface area contributed by atoms with E-state index in [0.29, 0.717) is 22.7 Å². The Morgan fingerprint density at radius 2 is 2.21 bits per heavy atom. The third kappa shape index (κ3) is 2.15. The molecular formula is C13H15N3O3. The van der Waals surface area contributed by atoms with Crippen LogP contribution in [0.2, 0.25) is 0 Å². The maximum atomic E-state index is 11.7. The van der Waals surface area contributed by atoms with Gasteiger partial charge in [-0.2, -0.15) is 4.98 Å². The number of hydrogen-bond donors (Lipinski definition) is 1. The number of nitrogens with zero attached hydrogens (tertiary/aromatic N) is 2. The molecule has 2 heterocycles. The summed E-state index contributed by atoms with van der Waals surface area (Å²) in [5.74, 6) is -0.409. The zero-order valence-electron chi connectivity index (χ0n) is 10.7. The van der Waals surface area contributed by atoms with Crippen LogP contribution < -0.4 is 10.2 Å². The number of oxazole rings is 1. The number of piperazine rings is 1. The maximum Gasteiger partial charge on any atom is 0.341 e. The van der Waals surface area contributed by atoms with Crippen molar-refractivity contribution in [2.75, 3.05) is 38.2 Å². The molecule has 6 nitrogen and oxygen atoms in total. The van der Waals surface area contributed by atoms with Crippen LogP contribution in [0.1, 0.15) is 10.4 Å². The number of methoxy groups -OCH3 is 1. The Morgan fingerprint density at radius 3 is 2.95 bits per heavy atom. The van der Waals surface area contributed by atoms with Crippen molar-refractivity contribution in [1.82, 2.24) is 10.3 Å². The molecule has 0 unspecified atom stereocenters. The first kappa shape index (κ1) is 12.0. The molecule has 1 N–H and O–H groups in total. The Bertz CT molecular complexity index is 602. The van der Waals surface area contributed by atoms with E-state index < -0.39 is 5.97 Å². The fraction of sp³-hybridized carbons (Fsp3) is 0.385. The van der Waals surface area contributed by atoms with Gasteiger partial charge in [0.15, 0.2) is 5.58 Å². The minimum atomic E-state index is -0.409. The predicted octanol–water partition coefficient (Wildman–Crippen LogP) is 1.02. The summed E-state index contributed by atoms with van der Waals surface area (Å²) in [4.78, 5) is 18.2. The Labute approximate surface area is 110 Å². The molecule has 1 fully saturated rings. The largest absolute Gasteiger partial charge is 0.465 e. The van der Waals surface area contributed by atoms with E-state index >= 15 is 0 Å². The molecule has 0 radical (unpaired) electrons. The topological polar surface area (TPSA) is 67.6 Å². The van der Waals surface area contributed by atoms with Crippen molar-refractivity contribution in [3.63, 3.8) is 0 Å². The first-order chi connectivity index (χ1) is 9.29. The quantitative estimate of drug-likeness (QED) is 0.814. The van der Waals surface area contributed by atoms with Gasteiger partial charge in [-0.25, -0.2) is 4.79 Å². The Kier molecular flexibility index (Phi) is 3.08. The first-order valence-corrected chi connectivity index (χ1v) is 6.23. The number of rotatable bonds is 2. The average Bonchev–Trinajstić information content (AvgIpc) is 2.91. The molecule has 1 saturated heterocycles. The van der Waals surface area contributed by atoms with Gasteiger partial charge in [-0.1, -0.05) is 6.07 Å². The Balaban J connectivity index is 2.02. The van der Waals surface area contributed by atoms with Gasteiger partial charge < -0.3 is 19.4 Å². The summed E-state index contributed by atoms with van der Waals surface area (Å²) in [5, 5.41) is 3.27. The lowest BCUT2D eigenvalue weighted by atomic mass is 10.2. The van der Waals surface area contributed by atoms with E-state index in [4.69, 9.17) is 9.15 Å². The van der Waals surface area contributed by atoms with E-state index in [0.717, 1.165) is 26.2 Å². The molecule has 0 atom stereocenters. The van der Waals surface area contributed by atoms with Crippen molar-refractivity contribution in [3.8, 4) is 0 Å². The van der Waals surface area contributed by atoms with Crippen molar-refractivity contribution in [3.05, 3.63) is 23.8 Å². The molecule has 1 aliphatic heterocycles. The van der Waals surface area contributed by atoms with Gasteiger partial charge >= 0.3 is 5.97 Å². The van der Waals surface area contributed by atoms with E-state index in [2.05, 4.69) is 15.2 Å². The van der Waals surface area contributed by atoms with Gasteiger partial charge in [0.2, 0.25) is 0 Å². The van der Waals surface area contributed by atoms with E-state index in [1.165, 1.54) is 7.11 Å². The maximum absolute atomic E-state index is 11.7. The second-order valence-electron chi connectivity index (χ2n) is 4.38. The third-order valence-corrected chi connectivity index (χ3v) is 3.20. The molecule has 100 valence electrons. The smallest absolute Gasteiger partial charge is 0.341 e. The number of esters is 1. The number of anilines is 1. The lowest BCUT2D eigenvalue weighted by Crippen LogP contribution is -2.43. The van der Waals surface area contributed by atoms with Crippen LogP contribution in [0.15, 0.2) is 22.6 Å². The Hall–Kier alpha value is -2.08. The predicted molar refractivity (Wildman–Crippen MR) is 70.4 cm³/mol. The number of hydrogen-bond acceptors (Lipinski definition) is 6. The summed E-state index contributed by atoms with van der Waals surface area (Å²) in [6.07, 6.45) is 0. The highest BCUT2D eigenvalue weighted by molar-refractivity contribution is 6.01. The number of para-hydroxylation sites is 1. The van der Waals surface area contributed by atoms with Crippen LogP contribution in [-0.2, 0) is 4.74 Å². The molecular weight excluding hydrogens is 246 g/mol. The second-order valence-corrected chi connectivity index (χ2v) is 4.38. The molecule has 2 aromatic rings. The van der Waals surface area contributed by atoms with Gasteiger partial charge in [0, 0.05) is 26.2 Å². The molecule has 0 saturated carbocycles. The van der Waals surface area contributed by atoms with Crippen molar-refractivity contribution in [1.29, 1.82) is 0 Å². The van der Waals surface area contributed by atoms with Crippen molar-refractivity contribution in [2.45, 2.75) is 0 Å². The highest BCUT2D eigenvalue weighted by Crippen LogP contribution is 2.25. The number of nitrogens with one attached hydrogen (secondary N) is 1. The van der Waals surface area contributed by atoms with Crippen molar-refractivity contribution < 1.29 is 13.9 Å². The van der Waals surface area contributed by atoms with Crippen LogP contribution in [0.5, 0.6) is 0 Å². The van der Waals surface area contributed by atoms with Gasteiger partial charge in [-0.3, -0.25) is 0 Å². The van der Waals surface area contributed by atoms with Crippen LogP contribution in [0.25, 0.3) is 11.1 Å². The van der Waals surface area contributed by atoms with Gasteiger partial charge in [0.05, 0.1) is 7.11 Å². The minimum absolute atomic E-state index is 0.409. The SMILES string of the molecule is COC(=O)c1cccc2nc(N3CCNCC3)oc12. The number of fused-ring (bicyclic) bond motifs is 1. The van der Waals surface area contributed by atoms with Gasteiger partial charge in [0.1, 0.15) is 11.1 Å². The van der Waals surface area contributed by atoms with Crippen molar-refractivity contribution in [2.24, 2.45) is 0 Å². The highest BCUT2D eigenvalue weighted by Gasteiger charge is 2.20. The highest BCUT2D eigenvalue weighted by atomic mass is 16.5. The standard InChI is InChI=1S/C13H15N3O3/c1-18-12(17)9-3-2-4-10-11(9)19-13(15-10)16-7-5-14-6-8-16/h2-4,14H,5-8H2,1H3. The monoisotopic (exact) mass is 261 g/mol. The molecule has 6 heteroatoms. The van der Waals surface area contributed by atoms with Gasteiger partial charge in [-0.15, -0.1) is 0 Å². The number of carbonyl (C=O) groups is 1. The third-order valence-electron chi connectivity index (χ3n) is 3.20. The number of carbonyl (C=O) groups excluding carboxylic acids is 1. The van der Waals surface area contributed by atoms with E-state index in [9.17, 15) is 4.79 Å². The Morgan fingerprint density at radius 1 is 1.42 bits per heavy atom. The van der Waals surface area contributed by atoms with Crippen LogP contribution in [0, 0.1) is 0 Å². The van der Waals surface area contributed by atoms with E-state index in [1.54, 1.807) is 12.1 Å². The second kappa shape index (κ2) is 4.89. The number of ether oxygens (including phenoxy) is 1. The number of benzene rings is 1. The molecule has 0 amide bonds. The normalized spacial score (nSPS) is 15.7. The summed E-state index contributed by atoms with van der Waals surface area (Å²) in [6, 6.07) is 5.85. The number of aromatic nitrogens is 1. The van der Waals surface area contributed by atoms with Crippen molar-refractivity contribution >= 4 is 23.1 Å². The van der Waals surface area contributed by atoms with Crippen LogP contribution >= 0.6 is 0 Å². The average molecular weight is 261 g/mol. The lowest BCUT2D eigenvalue weighted by molar-refractivity contribution is 0.0602. The molecule has 19 heavy (non-hydrogen) atoms. The van der Waals surface area contributed by atoms with Gasteiger partial charge in [-0.05, 0) is 12.1 Å². The van der Waals surface area contributed by atoms with Crippen LogP contribution in [0.3, 0.4) is 0 Å². The zero-order valence-corrected chi connectivity index (χ0v) is 10.7. The van der Waals surface area contributed by atoms with Crippen LogP contribution in [-0.4, -0.2) is 44.2 Å². The van der Waals surface area contributed by atoms with Crippen LogP contribution in [0.4, 0.5) is 6.01 Å². The molecule has 1 aromatic carbocycles. The molecule has 0 bridgehead atoms. The molecule has 1 aliphatic rings.